The van der Waals surface area contributed by atoms with Crippen molar-refractivity contribution in [3.05, 3.63) is 109 Å². The zero-order valence-corrected chi connectivity index (χ0v) is 44.4. The predicted molar refractivity (Wildman–Crippen MR) is 277 cm³/mol. The molecule has 0 spiro atoms. The minimum absolute atomic E-state index is 0.170. The Labute approximate surface area is 463 Å². The number of hydrogen-bond donors (Lipinski definition) is 0. The average molecular weight is 1120 g/mol. The monoisotopic (exact) mass is 1120 g/mol. The normalized spacial score (nSPS) is 18.3. The van der Waals surface area contributed by atoms with Crippen LogP contribution in [0.25, 0.3) is 0 Å². The summed E-state index contributed by atoms with van der Waals surface area (Å²) in [7, 11) is 1.45. The van der Waals surface area contributed by atoms with Crippen LogP contribution in [0.4, 0.5) is 0 Å². The Hall–Kier alpha value is -10.1. The SMILES string of the molecule is CCCCCN1C(=O)C=CC1=O.CCCN1C(=O)C=CC1=O.CN1C(=O)C=CC1=O.O=C1C=CC(=O)N1CCCCCN1C(=O)C=CC1=O.O=C1C=CC(=O)N1CCCN1C(=O)C=CC1=O.O=C1C=CC(=O)N1CN1C(=O)C=CC1=O. The molecule has 0 radical (unpaired) electrons. The number of hydrogen-bond acceptors (Lipinski definition) is 18. The van der Waals surface area contributed by atoms with Gasteiger partial charge in [-0.25, -0.2) is 0 Å². The van der Waals surface area contributed by atoms with E-state index < -0.39 is 23.6 Å². The Morgan fingerprint density at radius 2 is 0.395 bits per heavy atom. The molecule has 27 nitrogen and oxygen atoms in total. The van der Waals surface area contributed by atoms with Crippen molar-refractivity contribution < 1.29 is 86.3 Å². The van der Waals surface area contributed by atoms with Gasteiger partial charge in [-0.2, -0.15) is 0 Å². The fraction of sp³-hybridized carbons (Fsp3) is 0.333. The van der Waals surface area contributed by atoms with Gasteiger partial charge >= 0.3 is 0 Å². The highest BCUT2D eigenvalue weighted by molar-refractivity contribution is 6.18. The van der Waals surface area contributed by atoms with Crippen molar-refractivity contribution in [2.24, 2.45) is 0 Å². The molecule has 0 bridgehead atoms. The van der Waals surface area contributed by atoms with Crippen LogP contribution in [0.5, 0.6) is 0 Å². The van der Waals surface area contributed by atoms with E-state index in [0.717, 1.165) is 80.9 Å². The van der Waals surface area contributed by atoms with Gasteiger partial charge in [0, 0.05) is 156 Å². The molecular formula is C54H57N9O18. The average Bonchev–Trinajstić information content (AvgIpc) is 4.38. The Morgan fingerprint density at radius 3 is 0.593 bits per heavy atom. The van der Waals surface area contributed by atoms with E-state index >= 15 is 0 Å². The number of nitrogens with zero attached hydrogens (tertiary/aromatic N) is 9. The summed E-state index contributed by atoms with van der Waals surface area (Å²) in [4.78, 5) is 209. The van der Waals surface area contributed by atoms with Gasteiger partial charge in [0.15, 0.2) is 0 Å². The quantitative estimate of drug-likeness (QED) is 0.117. The van der Waals surface area contributed by atoms with E-state index in [1.807, 2.05) is 6.92 Å². The lowest BCUT2D eigenvalue weighted by Crippen LogP contribution is -2.44. The molecule has 0 atom stereocenters. The first-order chi connectivity index (χ1) is 38.5. The molecule has 81 heavy (non-hydrogen) atoms. The summed E-state index contributed by atoms with van der Waals surface area (Å²) < 4.78 is 0. The van der Waals surface area contributed by atoms with Crippen molar-refractivity contribution >= 4 is 106 Å². The molecule has 9 aliphatic rings. The van der Waals surface area contributed by atoms with Crippen LogP contribution in [-0.2, 0) is 86.3 Å². The highest BCUT2D eigenvalue weighted by Gasteiger charge is 2.32. The molecule has 0 unspecified atom stereocenters. The van der Waals surface area contributed by atoms with Crippen molar-refractivity contribution in [1.29, 1.82) is 0 Å². The zero-order valence-electron chi connectivity index (χ0n) is 44.4. The summed E-state index contributed by atoms with van der Waals surface area (Å²) in [5.41, 5.74) is 0. The molecular weight excluding hydrogens is 1060 g/mol. The molecule has 0 fully saturated rings. The van der Waals surface area contributed by atoms with Gasteiger partial charge in [0.1, 0.15) is 6.67 Å². The molecule has 0 N–H and O–H groups in total. The Morgan fingerprint density at radius 1 is 0.210 bits per heavy atom. The lowest BCUT2D eigenvalue weighted by Gasteiger charge is -2.20. The fourth-order valence-electron chi connectivity index (χ4n) is 7.51. The Kier molecular flexibility index (Phi) is 24.1. The number of carbonyl (C=O) groups excluding carboxylic acids is 18. The molecule has 18 amide bonds. The van der Waals surface area contributed by atoms with Gasteiger partial charge < -0.3 is 0 Å². The minimum atomic E-state index is -0.521. The summed E-state index contributed by atoms with van der Waals surface area (Å²) in [6.45, 7) is 5.97. The smallest absolute Gasteiger partial charge is 0.255 e. The summed E-state index contributed by atoms with van der Waals surface area (Å²) in [5, 5.41) is 0. The van der Waals surface area contributed by atoms with Gasteiger partial charge in [-0.3, -0.25) is 130 Å². The van der Waals surface area contributed by atoms with E-state index in [4.69, 9.17) is 0 Å². The largest absolute Gasteiger partial charge is 0.279 e. The molecule has 0 saturated carbocycles. The van der Waals surface area contributed by atoms with Crippen LogP contribution < -0.4 is 0 Å². The van der Waals surface area contributed by atoms with Crippen LogP contribution in [0.15, 0.2) is 109 Å². The predicted octanol–water partition coefficient (Wildman–Crippen LogP) is -1.01. The Bertz CT molecular complexity index is 2670. The second-order valence-corrected chi connectivity index (χ2v) is 17.7. The van der Waals surface area contributed by atoms with Crippen LogP contribution in [-0.4, -0.2) is 203 Å². The molecule has 426 valence electrons. The van der Waals surface area contributed by atoms with E-state index in [0.29, 0.717) is 45.4 Å². The van der Waals surface area contributed by atoms with Gasteiger partial charge in [0.25, 0.3) is 106 Å². The van der Waals surface area contributed by atoms with Crippen LogP contribution in [0, 0.1) is 0 Å². The molecule has 9 heterocycles. The van der Waals surface area contributed by atoms with Gasteiger partial charge in [0.2, 0.25) is 0 Å². The highest BCUT2D eigenvalue weighted by Crippen LogP contribution is 2.13. The summed E-state index contributed by atoms with van der Waals surface area (Å²) in [5.74, 6) is -5.81. The first-order valence-electron chi connectivity index (χ1n) is 25.3. The van der Waals surface area contributed by atoms with Crippen LogP contribution in [0.2, 0.25) is 0 Å². The van der Waals surface area contributed by atoms with Crippen LogP contribution in [0.3, 0.4) is 0 Å². The lowest BCUT2D eigenvalue weighted by molar-refractivity contribution is -0.147. The molecule has 0 aromatic rings. The molecule has 0 saturated heterocycles. The molecule has 0 aliphatic carbocycles. The van der Waals surface area contributed by atoms with Crippen molar-refractivity contribution in [3.8, 4) is 0 Å². The first-order valence-corrected chi connectivity index (χ1v) is 25.3. The third-order valence-corrected chi connectivity index (χ3v) is 12.0. The van der Waals surface area contributed by atoms with Gasteiger partial charge in [-0.05, 0) is 38.5 Å². The molecule has 9 aliphatic heterocycles. The Balaban J connectivity index is 0.000000213. The molecule has 0 aromatic heterocycles. The third kappa shape index (κ3) is 18.3. The maximum absolute atomic E-state index is 11.3. The van der Waals surface area contributed by atoms with Gasteiger partial charge in [-0.1, -0.05) is 26.7 Å². The number of rotatable bonds is 18. The number of amides is 18. The second-order valence-electron chi connectivity index (χ2n) is 17.7. The molecule has 0 aromatic carbocycles. The number of likely N-dealkylation sites (N-methyl/N-ethyl adjacent to an activating group) is 1. The van der Waals surface area contributed by atoms with E-state index in [9.17, 15) is 86.3 Å². The minimum Gasteiger partial charge on any atom is -0.279 e. The number of imide groups is 9. The van der Waals surface area contributed by atoms with Crippen LogP contribution in [0.1, 0.15) is 65.2 Å². The molecule has 9 rings (SSSR count). The van der Waals surface area contributed by atoms with E-state index in [2.05, 4.69) is 6.92 Å². The fourth-order valence-corrected chi connectivity index (χ4v) is 7.51. The van der Waals surface area contributed by atoms with Gasteiger partial charge in [-0.15, -0.1) is 0 Å². The highest BCUT2D eigenvalue weighted by atomic mass is 16.2. The van der Waals surface area contributed by atoms with E-state index in [1.54, 1.807) is 0 Å². The number of carbonyl (C=O) groups is 18. The number of unbranched alkanes of at least 4 members (excludes halogenated alkanes) is 4. The zero-order chi connectivity index (χ0) is 59.9. The summed E-state index contributed by atoms with van der Waals surface area (Å²) in [6, 6.07) is 0. The van der Waals surface area contributed by atoms with Crippen molar-refractivity contribution in [1.82, 2.24) is 44.1 Å². The standard InChI is InChI=1S/C13H14N2O4.C11H10N2O4.C9H6N2O4.C9H13NO2.C7H9NO2.C5H5NO2/c16-10-4-5-11(17)14(10)8-2-1-3-9-15-12(18)6-7-13(15)19;14-8-2-3-9(15)12(8)6-1-7-13-10(16)4-5-11(13)17;12-6-1-2-7(13)10(6)5-11-8(14)3-4-9(11)15;1-2-3-4-7-10-8(11)5-6-9(10)12;1-2-5-8-6(9)3-4-7(8)10;1-6-4(7)2-3-5(6)8/h4-7H,1-3,8-9H2;2-5H,1,6-7H2;1-4H,5H2;5-6H,2-4,7H2,1H3;3-4H,2,5H2,1H3;2-3H,1H3. The van der Waals surface area contributed by atoms with E-state index in [1.165, 1.54) is 112 Å². The van der Waals surface area contributed by atoms with Crippen LogP contribution >= 0.6 is 0 Å². The molecule has 27 heteroatoms. The lowest BCUT2D eigenvalue weighted by atomic mass is 10.2. The first kappa shape index (κ1) is 63.5. The maximum atomic E-state index is 11.3. The topological polar surface area (TPSA) is 336 Å². The van der Waals surface area contributed by atoms with Crippen molar-refractivity contribution in [3.63, 3.8) is 0 Å². The van der Waals surface area contributed by atoms with Gasteiger partial charge in [0.05, 0.1) is 0 Å². The van der Waals surface area contributed by atoms with Crippen molar-refractivity contribution in [2.75, 3.05) is 53.0 Å². The van der Waals surface area contributed by atoms with Crippen molar-refractivity contribution in [2.45, 2.75) is 65.2 Å². The summed E-state index contributed by atoms with van der Waals surface area (Å²) in [6.07, 6.45) is 28.4. The third-order valence-electron chi connectivity index (χ3n) is 12.0. The van der Waals surface area contributed by atoms with E-state index in [-0.39, 0.29) is 102 Å². The summed E-state index contributed by atoms with van der Waals surface area (Å²) >= 11 is 0. The second kappa shape index (κ2) is 30.8. The maximum Gasteiger partial charge on any atom is 0.255 e.